The largest absolute Gasteiger partial charge is 0.368 e. The second kappa shape index (κ2) is 13.0. The van der Waals surface area contributed by atoms with E-state index in [2.05, 4.69) is 11.8 Å². The summed E-state index contributed by atoms with van der Waals surface area (Å²) in [5, 5.41) is 0. The lowest BCUT2D eigenvalue weighted by Gasteiger charge is -2.48. The molecule has 3 aromatic rings. The Kier molecular flexibility index (Phi) is 8.99. The van der Waals surface area contributed by atoms with E-state index >= 15 is 0 Å². The number of benzene rings is 3. The highest BCUT2D eigenvalue weighted by Gasteiger charge is 2.51. The molecule has 0 saturated carbocycles. The highest BCUT2D eigenvalue weighted by Crippen LogP contribution is 2.37. The van der Waals surface area contributed by atoms with Crippen molar-refractivity contribution in [3.05, 3.63) is 108 Å². The van der Waals surface area contributed by atoms with Gasteiger partial charge in [-0.3, -0.25) is 0 Å². The predicted molar refractivity (Wildman–Crippen MR) is 138 cm³/mol. The lowest BCUT2D eigenvalue weighted by Crippen LogP contribution is -2.63. The van der Waals surface area contributed by atoms with Gasteiger partial charge in [-0.25, -0.2) is 0 Å². The monoisotopic (exact) mass is 500 g/mol. The van der Waals surface area contributed by atoms with E-state index < -0.39 is 30.9 Å². The van der Waals surface area contributed by atoms with Crippen molar-refractivity contribution in [2.24, 2.45) is 0 Å². The zero-order chi connectivity index (χ0) is 25.3. The second-order valence-corrected chi connectivity index (χ2v) is 8.98. The zero-order valence-electron chi connectivity index (χ0n) is 20.9. The Morgan fingerprint density at radius 3 is 1.95 bits per heavy atom. The molecule has 0 amide bonds. The molecule has 0 aromatic heterocycles. The van der Waals surface area contributed by atoms with Crippen molar-refractivity contribution >= 4 is 0 Å². The summed E-state index contributed by atoms with van der Waals surface area (Å²) in [7, 11) is 0. The first-order valence-corrected chi connectivity index (χ1v) is 12.6. The van der Waals surface area contributed by atoms with Gasteiger partial charge in [0.05, 0.1) is 19.8 Å². The van der Waals surface area contributed by atoms with E-state index in [1.54, 1.807) is 6.92 Å². The molecule has 0 N–H and O–H groups in total. The molecular formula is C31H32O6. The van der Waals surface area contributed by atoms with E-state index in [4.69, 9.17) is 28.4 Å². The zero-order valence-corrected chi connectivity index (χ0v) is 20.9. The van der Waals surface area contributed by atoms with Gasteiger partial charge < -0.3 is 28.4 Å². The molecule has 6 nitrogen and oxygen atoms in total. The fourth-order valence-electron chi connectivity index (χ4n) is 4.56. The van der Waals surface area contributed by atoms with E-state index in [1.807, 2.05) is 91.0 Å². The highest BCUT2D eigenvalue weighted by atomic mass is 16.8. The third kappa shape index (κ3) is 6.65. The quantitative estimate of drug-likeness (QED) is 0.384. The van der Waals surface area contributed by atoms with Crippen LogP contribution in [0.3, 0.4) is 0 Å². The third-order valence-electron chi connectivity index (χ3n) is 6.42. The van der Waals surface area contributed by atoms with E-state index in [-0.39, 0.29) is 12.7 Å². The molecule has 2 aliphatic heterocycles. The van der Waals surface area contributed by atoms with Crippen molar-refractivity contribution in [3.63, 3.8) is 0 Å². The number of hydrogen-bond acceptors (Lipinski definition) is 6. The lowest BCUT2D eigenvalue weighted by atomic mass is 9.97. The molecule has 2 fully saturated rings. The summed E-state index contributed by atoms with van der Waals surface area (Å²) >= 11 is 0. The van der Waals surface area contributed by atoms with Gasteiger partial charge in [0.1, 0.15) is 31.0 Å². The van der Waals surface area contributed by atoms with Gasteiger partial charge in [-0.1, -0.05) is 96.9 Å². The van der Waals surface area contributed by atoms with Crippen LogP contribution in [0, 0.1) is 11.8 Å². The van der Waals surface area contributed by atoms with Crippen molar-refractivity contribution in [1.82, 2.24) is 0 Å². The Bertz CT molecular complexity index is 1140. The molecule has 1 unspecified atom stereocenters. The van der Waals surface area contributed by atoms with Crippen LogP contribution in [0.5, 0.6) is 0 Å². The average molecular weight is 501 g/mol. The standard InChI is InChI=1S/C31H32O6/c1-2-3-19-32-31-29(34-21-24-15-9-5-10-16-24)28(33-20-23-13-7-4-8-14-23)27-26(36-31)22-35-30(37-27)25-17-11-6-12-18-25/h4-18,26-31H,19-22H2,1H3/t26-,27-,28+,29-,30-,31?/m1/s1. The van der Waals surface area contributed by atoms with Crippen LogP contribution in [0.4, 0.5) is 0 Å². The van der Waals surface area contributed by atoms with E-state index in [0.29, 0.717) is 19.8 Å². The van der Waals surface area contributed by atoms with Gasteiger partial charge in [0.2, 0.25) is 0 Å². The Labute approximate surface area is 218 Å². The highest BCUT2D eigenvalue weighted by molar-refractivity contribution is 5.17. The molecule has 2 aliphatic rings. The van der Waals surface area contributed by atoms with Gasteiger partial charge in [0, 0.05) is 5.56 Å². The molecular weight excluding hydrogens is 468 g/mol. The molecule has 0 aliphatic carbocycles. The molecule has 0 spiro atoms. The molecule has 0 bridgehead atoms. The fourth-order valence-corrected chi connectivity index (χ4v) is 4.56. The summed E-state index contributed by atoms with van der Waals surface area (Å²) in [4.78, 5) is 0. The van der Waals surface area contributed by atoms with Gasteiger partial charge in [0.15, 0.2) is 12.6 Å². The summed E-state index contributed by atoms with van der Waals surface area (Å²) in [5.41, 5.74) is 3.06. The fraction of sp³-hybridized carbons (Fsp3) is 0.355. The van der Waals surface area contributed by atoms with Gasteiger partial charge in [0.25, 0.3) is 0 Å². The van der Waals surface area contributed by atoms with Crippen molar-refractivity contribution in [2.45, 2.75) is 57.1 Å². The minimum atomic E-state index is -0.688. The Morgan fingerprint density at radius 1 is 0.730 bits per heavy atom. The van der Waals surface area contributed by atoms with Crippen molar-refractivity contribution < 1.29 is 28.4 Å². The average Bonchev–Trinajstić information content (AvgIpc) is 2.96. The van der Waals surface area contributed by atoms with Crippen LogP contribution in [-0.2, 0) is 41.6 Å². The van der Waals surface area contributed by atoms with E-state index in [1.165, 1.54) is 0 Å². The number of ether oxygens (including phenoxy) is 6. The van der Waals surface area contributed by atoms with Crippen molar-refractivity contribution in [1.29, 1.82) is 0 Å². The Morgan fingerprint density at radius 2 is 1.32 bits per heavy atom. The maximum absolute atomic E-state index is 6.56. The van der Waals surface area contributed by atoms with Crippen molar-refractivity contribution in [2.75, 3.05) is 13.2 Å². The molecule has 37 heavy (non-hydrogen) atoms. The first-order chi connectivity index (χ1) is 18.3. The lowest BCUT2D eigenvalue weighted by molar-refractivity contribution is -0.371. The predicted octanol–water partition coefficient (Wildman–Crippen LogP) is 5.04. The normalized spacial score (nSPS) is 27.1. The number of hydrogen-bond donors (Lipinski definition) is 0. The van der Waals surface area contributed by atoms with Crippen LogP contribution in [0.15, 0.2) is 91.0 Å². The number of rotatable bonds is 9. The molecule has 0 radical (unpaired) electrons. The summed E-state index contributed by atoms with van der Waals surface area (Å²) < 4.78 is 38.0. The molecule has 2 saturated heterocycles. The molecule has 5 rings (SSSR count). The van der Waals surface area contributed by atoms with Gasteiger partial charge in [-0.2, -0.15) is 0 Å². The minimum Gasteiger partial charge on any atom is -0.368 e. The van der Waals surface area contributed by atoms with E-state index in [9.17, 15) is 0 Å². The smallest absolute Gasteiger partial charge is 0.188 e. The second-order valence-electron chi connectivity index (χ2n) is 8.98. The SMILES string of the molecule is CC#CCOC1O[C@@H]2CO[C@@H](c3ccccc3)O[C@H]2[C@H](OCc2ccccc2)[C@H]1OCc1ccccc1. The van der Waals surface area contributed by atoms with Gasteiger partial charge in [-0.15, -0.1) is 5.92 Å². The molecule has 6 heteroatoms. The van der Waals surface area contributed by atoms with Crippen LogP contribution in [0.2, 0.25) is 0 Å². The molecule has 2 heterocycles. The summed E-state index contributed by atoms with van der Waals surface area (Å²) in [5.74, 6) is 5.82. The Hall–Kier alpha value is -3.02. The third-order valence-corrected chi connectivity index (χ3v) is 6.42. The first kappa shape index (κ1) is 25.6. The molecule has 6 atom stereocenters. The van der Waals surface area contributed by atoms with Crippen LogP contribution in [0.25, 0.3) is 0 Å². The Balaban J connectivity index is 1.41. The molecule has 192 valence electrons. The summed E-state index contributed by atoms with van der Waals surface area (Å²) in [6, 6.07) is 30.0. The van der Waals surface area contributed by atoms with Gasteiger partial charge >= 0.3 is 0 Å². The van der Waals surface area contributed by atoms with Crippen LogP contribution < -0.4 is 0 Å². The minimum absolute atomic E-state index is 0.226. The number of fused-ring (bicyclic) bond motifs is 1. The summed E-state index contributed by atoms with van der Waals surface area (Å²) in [6.07, 6.45) is -3.01. The molecule has 3 aromatic carbocycles. The maximum atomic E-state index is 6.56. The van der Waals surface area contributed by atoms with Crippen LogP contribution in [0.1, 0.15) is 29.9 Å². The van der Waals surface area contributed by atoms with E-state index in [0.717, 1.165) is 16.7 Å². The summed E-state index contributed by atoms with van der Waals surface area (Å²) in [6.45, 7) is 3.14. The topological polar surface area (TPSA) is 55.4 Å². The van der Waals surface area contributed by atoms with Crippen LogP contribution in [-0.4, -0.2) is 43.9 Å². The van der Waals surface area contributed by atoms with Crippen LogP contribution >= 0.6 is 0 Å². The maximum Gasteiger partial charge on any atom is 0.188 e. The van der Waals surface area contributed by atoms with Gasteiger partial charge in [-0.05, 0) is 18.1 Å². The first-order valence-electron chi connectivity index (χ1n) is 12.6. The van der Waals surface area contributed by atoms with Crippen molar-refractivity contribution in [3.8, 4) is 11.8 Å².